The molecule has 0 aliphatic carbocycles. The van der Waals surface area contributed by atoms with E-state index in [1.807, 2.05) is 0 Å². The van der Waals surface area contributed by atoms with Gasteiger partial charge in [0.1, 0.15) is 0 Å². The highest BCUT2D eigenvalue weighted by Gasteiger charge is 2.43. The monoisotopic (exact) mass is 401 g/mol. The molecular formula is C17H24INO2. The van der Waals surface area contributed by atoms with Crippen LogP contribution >= 0.6 is 22.6 Å². The van der Waals surface area contributed by atoms with Gasteiger partial charge in [0.05, 0.1) is 12.2 Å². The summed E-state index contributed by atoms with van der Waals surface area (Å²) in [7, 11) is 0. The Kier molecular flexibility index (Phi) is 5.19. The zero-order chi connectivity index (χ0) is 14.7. The fourth-order valence-electron chi connectivity index (χ4n) is 3.69. The van der Waals surface area contributed by atoms with Crippen LogP contribution in [0.5, 0.6) is 0 Å². The Morgan fingerprint density at radius 2 is 2.24 bits per heavy atom. The van der Waals surface area contributed by atoms with E-state index < -0.39 is 0 Å². The topological polar surface area (TPSA) is 30.5 Å². The Morgan fingerprint density at radius 3 is 2.95 bits per heavy atom. The first-order valence-electron chi connectivity index (χ1n) is 7.93. The smallest absolute Gasteiger partial charge is 0.0940 e. The quantitative estimate of drug-likeness (QED) is 0.784. The van der Waals surface area contributed by atoms with Gasteiger partial charge < -0.3 is 14.8 Å². The maximum Gasteiger partial charge on any atom is 0.0940 e. The van der Waals surface area contributed by atoms with Crippen LogP contribution in [0.2, 0.25) is 0 Å². The summed E-state index contributed by atoms with van der Waals surface area (Å²) < 4.78 is 13.1. The van der Waals surface area contributed by atoms with Crippen molar-refractivity contribution in [2.75, 3.05) is 26.4 Å². The highest BCUT2D eigenvalue weighted by atomic mass is 127. The van der Waals surface area contributed by atoms with Gasteiger partial charge in [-0.1, -0.05) is 25.1 Å². The van der Waals surface area contributed by atoms with Crippen molar-refractivity contribution in [2.45, 2.75) is 37.8 Å². The molecule has 2 saturated heterocycles. The predicted octanol–water partition coefficient (Wildman–Crippen LogP) is 3.53. The van der Waals surface area contributed by atoms with Crippen LogP contribution < -0.4 is 5.32 Å². The Bertz CT molecular complexity index is 474. The highest BCUT2D eigenvalue weighted by Crippen LogP contribution is 2.41. The predicted molar refractivity (Wildman–Crippen MR) is 92.4 cm³/mol. The molecule has 1 aromatic rings. The van der Waals surface area contributed by atoms with E-state index >= 15 is 0 Å². The number of halogens is 1. The first-order chi connectivity index (χ1) is 10.2. The number of hydrogen-bond donors (Lipinski definition) is 1. The largest absolute Gasteiger partial charge is 0.378 e. The van der Waals surface area contributed by atoms with Crippen molar-refractivity contribution in [3.05, 3.63) is 33.4 Å². The number of hydrogen-bond acceptors (Lipinski definition) is 3. The second-order valence-corrected chi connectivity index (χ2v) is 7.31. The van der Waals surface area contributed by atoms with Gasteiger partial charge in [-0.05, 0) is 59.5 Å². The number of nitrogens with one attached hydrogen (secondary N) is 1. The minimum Gasteiger partial charge on any atom is -0.378 e. The van der Waals surface area contributed by atoms with Crippen LogP contribution in [0.1, 0.15) is 37.8 Å². The average molecular weight is 401 g/mol. The van der Waals surface area contributed by atoms with Crippen molar-refractivity contribution in [2.24, 2.45) is 5.92 Å². The standard InChI is InChI=1S/C17H24INO2/c1-2-19-16(14-5-3-4-6-15(14)18)13-7-9-21-17(11-13)8-10-20-12-17/h3-6,13,16,19H,2,7-12H2,1H3. The van der Waals surface area contributed by atoms with E-state index in [0.29, 0.717) is 12.0 Å². The first kappa shape index (κ1) is 15.7. The lowest BCUT2D eigenvalue weighted by molar-refractivity contribution is -0.103. The number of benzene rings is 1. The lowest BCUT2D eigenvalue weighted by atomic mass is 9.79. The third kappa shape index (κ3) is 3.44. The van der Waals surface area contributed by atoms with Crippen LogP contribution in [0.4, 0.5) is 0 Å². The lowest BCUT2D eigenvalue weighted by Crippen LogP contribution is -2.44. The van der Waals surface area contributed by atoms with Crippen molar-refractivity contribution < 1.29 is 9.47 Å². The molecule has 3 nitrogen and oxygen atoms in total. The molecule has 3 unspecified atom stereocenters. The van der Waals surface area contributed by atoms with Crippen LogP contribution in [-0.2, 0) is 9.47 Å². The van der Waals surface area contributed by atoms with Gasteiger partial charge >= 0.3 is 0 Å². The molecule has 0 bridgehead atoms. The van der Waals surface area contributed by atoms with Crippen LogP contribution in [0.3, 0.4) is 0 Å². The lowest BCUT2D eigenvalue weighted by Gasteiger charge is -2.41. The highest BCUT2D eigenvalue weighted by molar-refractivity contribution is 14.1. The van der Waals surface area contributed by atoms with Crippen molar-refractivity contribution in [1.29, 1.82) is 0 Å². The Hall–Kier alpha value is -0.170. The zero-order valence-electron chi connectivity index (χ0n) is 12.6. The second-order valence-electron chi connectivity index (χ2n) is 6.14. The maximum absolute atomic E-state index is 6.10. The molecule has 2 heterocycles. The van der Waals surface area contributed by atoms with Gasteiger partial charge in [-0.25, -0.2) is 0 Å². The van der Waals surface area contributed by atoms with E-state index in [1.165, 1.54) is 9.13 Å². The van der Waals surface area contributed by atoms with Crippen LogP contribution in [-0.4, -0.2) is 32.0 Å². The molecule has 3 rings (SSSR count). The normalized spacial score (nSPS) is 30.7. The molecule has 3 atom stereocenters. The summed E-state index contributed by atoms with van der Waals surface area (Å²) in [6.45, 7) is 5.67. The van der Waals surface area contributed by atoms with Crippen LogP contribution in [0.25, 0.3) is 0 Å². The van der Waals surface area contributed by atoms with E-state index in [1.54, 1.807) is 0 Å². The summed E-state index contributed by atoms with van der Waals surface area (Å²) >= 11 is 2.46. The van der Waals surface area contributed by atoms with Gasteiger partial charge in [0.2, 0.25) is 0 Å². The zero-order valence-corrected chi connectivity index (χ0v) is 14.8. The molecule has 2 fully saturated rings. The van der Waals surface area contributed by atoms with Gasteiger partial charge in [0, 0.05) is 29.2 Å². The molecule has 1 N–H and O–H groups in total. The Balaban J connectivity index is 1.82. The van der Waals surface area contributed by atoms with E-state index in [4.69, 9.17) is 9.47 Å². The molecule has 0 aromatic heterocycles. The van der Waals surface area contributed by atoms with Gasteiger partial charge in [-0.2, -0.15) is 0 Å². The van der Waals surface area contributed by atoms with E-state index in [2.05, 4.69) is 59.1 Å². The molecule has 1 aromatic carbocycles. The molecular weight excluding hydrogens is 377 g/mol. The van der Waals surface area contributed by atoms with Crippen LogP contribution in [0.15, 0.2) is 24.3 Å². The van der Waals surface area contributed by atoms with Crippen molar-refractivity contribution in [3.8, 4) is 0 Å². The summed E-state index contributed by atoms with van der Waals surface area (Å²) in [5.41, 5.74) is 1.41. The summed E-state index contributed by atoms with van der Waals surface area (Å²) in [5.74, 6) is 0.622. The number of rotatable bonds is 4. The molecule has 2 aliphatic rings. The molecule has 21 heavy (non-hydrogen) atoms. The molecule has 1 spiro atoms. The average Bonchev–Trinajstić information content (AvgIpc) is 2.93. The van der Waals surface area contributed by atoms with Crippen LogP contribution in [0, 0.1) is 9.49 Å². The van der Waals surface area contributed by atoms with Gasteiger partial charge in [-0.3, -0.25) is 0 Å². The summed E-state index contributed by atoms with van der Waals surface area (Å²) in [4.78, 5) is 0. The second kappa shape index (κ2) is 6.94. The van der Waals surface area contributed by atoms with E-state index in [0.717, 1.165) is 45.6 Å². The van der Waals surface area contributed by atoms with Crippen molar-refractivity contribution >= 4 is 22.6 Å². The third-order valence-corrected chi connectivity index (χ3v) is 5.72. The number of ether oxygens (including phenoxy) is 2. The Labute approximate surface area is 140 Å². The molecule has 0 radical (unpaired) electrons. The van der Waals surface area contributed by atoms with Gasteiger partial charge in [0.25, 0.3) is 0 Å². The summed E-state index contributed by atoms with van der Waals surface area (Å²) in [6, 6.07) is 9.15. The van der Waals surface area contributed by atoms with Crippen molar-refractivity contribution in [3.63, 3.8) is 0 Å². The maximum atomic E-state index is 6.10. The third-order valence-electron chi connectivity index (χ3n) is 4.73. The fraction of sp³-hybridized carbons (Fsp3) is 0.647. The van der Waals surface area contributed by atoms with E-state index in [9.17, 15) is 0 Å². The molecule has 0 amide bonds. The summed E-state index contributed by atoms with van der Waals surface area (Å²) in [5, 5.41) is 3.71. The first-order valence-corrected chi connectivity index (χ1v) is 9.01. The fourth-order valence-corrected chi connectivity index (χ4v) is 4.41. The van der Waals surface area contributed by atoms with Gasteiger partial charge in [-0.15, -0.1) is 0 Å². The van der Waals surface area contributed by atoms with E-state index in [-0.39, 0.29) is 5.60 Å². The Morgan fingerprint density at radius 1 is 1.38 bits per heavy atom. The minimum atomic E-state index is -0.0171. The summed E-state index contributed by atoms with van der Waals surface area (Å²) in [6.07, 6.45) is 3.29. The molecule has 116 valence electrons. The SMILES string of the molecule is CCNC(c1ccccc1I)C1CCOC2(CCOC2)C1. The molecule has 4 heteroatoms. The van der Waals surface area contributed by atoms with Crippen molar-refractivity contribution in [1.82, 2.24) is 5.32 Å². The minimum absolute atomic E-state index is 0.0171. The van der Waals surface area contributed by atoms with Gasteiger partial charge in [0.15, 0.2) is 0 Å². The molecule has 2 aliphatic heterocycles. The molecule has 0 saturated carbocycles.